The summed E-state index contributed by atoms with van der Waals surface area (Å²) < 4.78 is 78.8. The van der Waals surface area contributed by atoms with Crippen LogP contribution in [0.1, 0.15) is 37.3 Å². The molecule has 0 radical (unpaired) electrons. The van der Waals surface area contributed by atoms with Gasteiger partial charge in [0.15, 0.2) is 0 Å². The highest BCUT2D eigenvalue weighted by molar-refractivity contribution is 7.92. The minimum atomic E-state index is -3.59. The van der Waals surface area contributed by atoms with Gasteiger partial charge in [0.1, 0.15) is 29.4 Å². The number of hydrogen-bond donors (Lipinski definition) is 4. The molecule has 0 amide bonds. The second-order valence-corrected chi connectivity index (χ2v) is 20.2. The molecule has 0 saturated heterocycles. The summed E-state index contributed by atoms with van der Waals surface area (Å²) in [5, 5.41) is 58.5. The number of rotatable bonds is 19. The lowest BCUT2D eigenvalue weighted by molar-refractivity contribution is 0.587. The summed E-state index contributed by atoms with van der Waals surface area (Å²) in [4.78, 5) is 1.96. The lowest BCUT2D eigenvalue weighted by atomic mass is 9.86. The van der Waals surface area contributed by atoms with Gasteiger partial charge >= 0.3 is 0 Å². The van der Waals surface area contributed by atoms with Crippen molar-refractivity contribution in [1.29, 1.82) is 31.7 Å². The summed E-state index contributed by atoms with van der Waals surface area (Å²) in [5.74, 6) is 1.60. The number of sulfonamides is 3. The van der Waals surface area contributed by atoms with Gasteiger partial charge in [0.05, 0.1) is 36.5 Å². The summed E-state index contributed by atoms with van der Waals surface area (Å²) in [5.41, 5.74) is 4.09. The lowest BCUT2D eigenvalue weighted by Crippen LogP contribution is -2.34. The monoisotopic (exact) mass is 940 g/mol. The molecule has 1 aliphatic carbocycles. The molecule has 66 heavy (non-hydrogen) atoms. The Kier molecular flexibility index (Phi) is 17.5. The van der Waals surface area contributed by atoms with Crippen molar-refractivity contribution in [2.45, 2.75) is 26.2 Å². The molecule has 3 aromatic carbocycles. The lowest BCUT2D eigenvalue weighted by Gasteiger charge is -2.28. The summed E-state index contributed by atoms with van der Waals surface area (Å²) >= 11 is 0. The minimum absolute atomic E-state index is 0.0289. The molecular formula is C47H44N10O6S3. The van der Waals surface area contributed by atoms with Gasteiger partial charge in [-0.2, -0.15) is 26.3 Å². The Balaban J connectivity index is 1.88. The number of para-hydroxylation sites is 1. The van der Waals surface area contributed by atoms with E-state index in [1.165, 1.54) is 42.5 Å². The molecule has 16 nitrogen and oxygen atoms in total. The Labute approximate surface area is 386 Å². The van der Waals surface area contributed by atoms with Gasteiger partial charge in [-0.3, -0.25) is 14.9 Å². The van der Waals surface area contributed by atoms with Crippen molar-refractivity contribution in [3.05, 3.63) is 153 Å². The first kappa shape index (κ1) is 50.9. The average Bonchev–Trinajstić information content (AvgIpc) is 3.66. The molecule has 1 unspecified atom stereocenters. The predicted octanol–water partition coefficient (Wildman–Crippen LogP) is 6.97. The van der Waals surface area contributed by atoms with Crippen LogP contribution < -0.4 is 19.1 Å². The largest absolute Gasteiger partial charge is 0.340 e. The van der Waals surface area contributed by atoms with E-state index in [1.807, 2.05) is 59.5 Å². The highest BCUT2D eigenvalue weighted by atomic mass is 32.2. The zero-order chi connectivity index (χ0) is 48.7. The van der Waals surface area contributed by atoms with E-state index in [1.54, 1.807) is 31.2 Å². The molecule has 0 bridgehead atoms. The Bertz CT molecular complexity index is 3150. The second-order valence-electron chi connectivity index (χ2n) is 14.8. The van der Waals surface area contributed by atoms with Crippen LogP contribution in [0.5, 0.6) is 0 Å². The number of nitrogens with one attached hydrogen (secondary N) is 4. The smallest absolute Gasteiger partial charge is 0.229 e. The van der Waals surface area contributed by atoms with Gasteiger partial charge in [-0.25, -0.2) is 30.0 Å². The van der Waals surface area contributed by atoms with Crippen LogP contribution in [0, 0.1) is 68.0 Å². The van der Waals surface area contributed by atoms with Crippen molar-refractivity contribution in [3.8, 4) is 30.3 Å². The van der Waals surface area contributed by atoms with Crippen LogP contribution >= 0.6 is 0 Å². The molecule has 3 aromatic rings. The zero-order valence-electron chi connectivity index (χ0n) is 36.3. The minimum Gasteiger partial charge on any atom is -0.340 e. The fourth-order valence-electron chi connectivity index (χ4n) is 7.02. The molecule has 0 aromatic heterocycles. The molecule has 0 saturated carbocycles. The summed E-state index contributed by atoms with van der Waals surface area (Å²) in [6.07, 6.45) is 11.1. The Morgan fingerprint density at radius 3 is 1.76 bits per heavy atom. The van der Waals surface area contributed by atoms with Gasteiger partial charge in [0, 0.05) is 52.6 Å². The number of nitriles is 5. The average molecular weight is 941 g/mol. The fraction of sp³-hybridized carbons (Fsp3) is 0.213. The summed E-state index contributed by atoms with van der Waals surface area (Å²) in [7, 11) is -10.7. The van der Waals surface area contributed by atoms with Crippen LogP contribution in [0.15, 0.2) is 142 Å². The van der Waals surface area contributed by atoms with Crippen molar-refractivity contribution >= 4 is 64.1 Å². The molecule has 336 valence electrons. The molecule has 4 N–H and O–H groups in total. The maximum absolute atomic E-state index is 12.2. The molecule has 0 heterocycles. The summed E-state index contributed by atoms with van der Waals surface area (Å²) in [6.45, 7) is 2.02. The Morgan fingerprint density at radius 2 is 1.29 bits per heavy atom. The van der Waals surface area contributed by atoms with Crippen LogP contribution in [0.3, 0.4) is 0 Å². The maximum atomic E-state index is 12.2. The van der Waals surface area contributed by atoms with Crippen molar-refractivity contribution in [2.24, 2.45) is 5.92 Å². The van der Waals surface area contributed by atoms with Crippen LogP contribution in [0.25, 0.3) is 11.1 Å². The number of allylic oxidation sites excluding steroid dienone is 12. The normalized spacial score (nSPS) is 14.3. The molecule has 19 heteroatoms. The van der Waals surface area contributed by atoms with Gasteiger partial charge < -0.3 is 4.90 Å². The van der Waals surface area contributed by atoms with E-state index < -0.39 is 36.0 Å². The van der Waals surface area contributed by atoms with Gasteiger partial charge in [-0.1, -0.05) is 67.6 Å². The molecular weight excluding hydrogens is 897 g/mol. The van der Waals surface area contributed by atoms with E-state index in [-0.39, 0.29) is 64.3 Å². The second kappa shape index (κ2) is 22.7. The fourth-order valence-corrected chi connectivity index (χ4v) is 8.61. The van der Waals surface area contributed by atoms with E-state index in [9.17, 15) is 51.6 Å². The van der Waals surface area contributed by atoms with Gasteiger partial charge in [-0.15, -0.1) is 0 Å². The van der Waals surface area contributed by atoms with E-state index in [2.05, 4.69) is 32.2 Å². The molecule has 0 fully saturated rings. The highest BCUT2D eigenvalue weighted by Gasteiger charge is 2.26. The van der Waals surface area contributed by atoms with Crippen molar-refractivity contribution in [1.82, 2.24) is 4.72 Å². The van der Waals surface area contributed by atoms with Crippen molar-refractivity contribution in [3.63, 3.8) is 0 Å². The van der Waals surface area contributed by atoms with Gasteiger partial charge in [0.2, 0.25) is 30.1 Å². The standard InChI is InChI=1S/C47H44N10O6S3/c1-33(44(32-53)46(40(30-51)31-52)35-19-23-42(24-20-35)56-66(4,62)63)13-14-37-16-15-36(47(37)57(26-25-54-64(2,58)59)43-11-6-5-7-12-43)9-8-10-38(27-48)45(39(28-49)29-50)34-17-21-41(22-18-34)55-65(3,60)61/h5-12,14,17-24,33,51,54-56H,13,15-16,25-26H2,1-4H3/b9-8+,37-14+,38-10+,46-44-. The predicted molar refractivity (Wildman–Crippen MR) is 255 cm³/mol. The molecule has 1 atom stereocenters. The SMILES string of the molecule is CC(C/C=C1\CCC(/C=C/C=C(\C#N)C(=C(C#N)C#N)c2ccc(NS(C)(=O)=O)cc2)=C1N(CCNS(C)(=O)=O)c1ccccc1)/C(C#N)=C(\C(=C=N)C#N)c1ccc(NS(C)(=O)=O)cc1. The first-order valence-corrected chi connectivity index (χ1v) is 25.5. The quantitative estimate of drug-likeness (QED) is 0.0539. The van der Waals surface area contributed by atoms with E-state index in [4.69, 9.17) is 5.41 Å². The van der Waals surface area contributed by atoms with Crippen LogP contribution in [-0.2, 0) is 30.1 Å². The highest BCUT2D eigenvalue weighted by Crippen LogP contribution is 2.39. The van der Waals surface area contributed by atoms with E-state index in [0.717, 1.165) is 41.3 Å². The van der Waals surface area contributed by atoms with Crippen molar-refractivity contribution in [2.75, 3.05) is 46.2 Å². The van der Waals surface area contributed by atoms with Gasteiger partial charge in [-0.05, 0) is 95.8 Å². The molecule has 4 rings (SSSR count). The third-order valence-electron chi connectivity index (χ3n) is 9.77. The number of hydrogen-bond acceptors (Lipinski definition) is 13. The number of benzene rings is 3. The zero-order valence-corrected chi connectivity index (χ0v) is 38.7. The van der Waals surface area contributed by atoms with E-state index in [0.29, 0.717) is 24.0 Å². The third-order valence-corrected chi connectivity index (χ3v) is 11.7. The van der Waals surface area contributed by atoms with Crippen LogP contribution in [-0.4, -0.2) is 63.0 Å². The first-order valence-electron chi connectivity index (χ1n) is 19.8. The Morgan fingerprint density at radius 1 is 0.727 bits per heavy atom. The number of anilines is 3. The molecule has 1 aliphatic rings. The summed E-state index contributed by atoms with van der Waals surface area (Å²) in [6, 6.07) is 31.1. The van der Waals surface area contributed by atoms with E-state index >= 15 is 0 Å². The molecule has 0 spiro atoms. The first-order chi connectivity index (χ1) is 31.3. The third kappa shape index (κ3) is 14.4. The number of nitrogens with zero attached hydrogens (tertiary/aromatic N) is 6. The molecule has 0 aliphatic heterocycles. The van der Waals surface area contributed by atoms with Gasteiger partial charge in [0.25, 0.3) is 0 Å². The van der Waals surface area contributed by atoms with Crippen LogP contribution in [0.4, 0.5) is 17.1 Å². The Hall–Kier alpha value is -7.79. The van der Waals surface area contributed by atoms with Crippen LogP contribution in [0.2, 0.25) is 0 Å². The van der Waals surface area contributed by atoms with Crippen molar-refractivity contribution < 1.29 is 25.3 Å². The topological polar surface area (TPSA) is 285 Å². The maximum Gasteiger partial charge on any atom is 0.229 e.